The minimum Gasteiger partial charge on any atom is -0.414 e. The zero-order valence-corrected chi connectivity index (χ0v) is 13.8. The Balaban J connectivity index is 3.14. The number of hydrogen-bond acceptors (Lipinski definition) is 1. The van der Waals surface area contributed by atoms with Gasteiger partial charge in [0.2, 0.25) is 0 Å². The van der Waals surface area contributed by atoms with Crippen molar-refractivity contribution in [2.24, 2.45) is 0 Å². The first-order valence-electron chi connectivity index (χ1n) is 6.17. The highest BCUT2D eigenvalue weighted by Gasteiger charge is 2.54. The van der Waals surface area contributed by atoms with Crippen molar-refractivity contribution in [2.75, 3.05) is 0 Å². The smallest absolute Gasteiger partial charge is 0.197 e. The quantitative estimate of drug-likeness (QED) is 0.677. The molecule has 0 atom stereocenters. The first kappa shape index (κ1) is 13.9. The summed E-state index contributed by atoms with van der Waals surface area (Å²) < 4.78 is 6.58. The fourth-order valence-corrected chi connectivity index (χ4v) is 13.9. The topological polar surface area (TPSA) is 9.23 Å². The summed E-state index contributed by atoms with van der Waals surface area (Å²) in [4.78, 5) is 0. The lowest BCUT2D eigenvalue weighted by molar-refractivity contribution is 0.227. The molecule has 0 amide bonds. The second-order valence-corrected chi connectivity index (χ2v) is 16.4. The highest BCUT2D eigenvalue weighted by molar-refractivity contribution is 6.98. The summed E-state index contributed by atoms with van der Waals surface area (Å²) in [5.41, 5.74) is 0. The van der Waals surface area contributed by atoms with Gasteiger partial charge in [-0.2, -0.15) is 0 Å². The predicted molar refractivity (Wildman–Crippen MR) is 78.0 cm³/mol. The Labute approximate surface area is 103 Å². The van der Waals surface area contributed by atoms with E-state index in [1.54, 1.807) is 0 Å². The lowest BCUT2D eigenvalue weighted by atomic mass is 10.4. The van der Waals surface area contributed by atoms with E-state index in [-0.39, 0.29) is 4.66 Å². The summed E-state index contributed by atoms with van der Waals surface area (Å²) in [5.74, 6) is 0. The molecule has 0 saturated carbocycles. The molecule has 3 heteroatoms. The Morgan fingerprint density at radius 2 is 1.38 bits per heavy atom. The molecule has 0 aromatic rings. The Morgan fingerprint density at radius 3 is 1.69 bits per heavy atom. The fourth-order valence-electron chi connectivity index (χ4n) is 2.96. The van der Waals surface area contributed by atoms with Crippen LogP contribution in [0.2, 0.25) is 37.4 Å². The third-order valence-corrected chi connectivity index (χ3v) is 13.9. The van der Waals surface area contributed by atoms with Gasteiger partial charge >= 0.3 is 0 Å². The van der Waals surface area contributed by atoms with E-state index < -0.39 is 16.4 Å². The summed E-state index contributed by atoms with van der Waals surface area (Å²) in [7, 11) is -3.04. The molecule has 0 radical (unpaired) electrons. The molecule has 16 heavy (non-hydrogen) atoms. The van der Waals surface area contributed by atoms with E-state index in [0.29, 0.717) is 6.10 Å². The monoisotopic (exact) mass is 254 g/mol. The normalized spacial score (nSPS) is 19.8. The maximum Gasteiger partial charge on any atom is 0.197 e. The lowest BCUT2D eigenvalue weighted by Crippen LogP contribution is -2.56. The maximum absolute atomic E-state index is 6.32. The van der Waals surface area contributed by atoms with E-state index in [9.17, 15) is 0 Å². The lowest BCUT2D eigenvalue weighted by Gasteiger charge is -2.48. The van der Waals surface area contributed by atoms with Crippen LogP contribution in [-0.2, 0) is 4.43 Å². The maximum atomic E-state index is 6.32. The molecule has 1 aliphatic carbocycles. The molecule has 92 valence electrons. The molecule has 0 bridgehead atoms. The second-order valence-electron chi connectivity index (χ2n) is 6.51. The van der Waals surface area contributed by atoms with Crippen molar-refractivity contribution >= 4 is 16.4 Å². The molecule has 0 aromatic carbocycles. The summed E-state index contributed by atoms with van der Waals surface area (Å²) in [6, 6.07) is 0. The minimum atomic E-state index is -1.73. The van der Waals surface area contributed by atoms with E-state index in [1.165, 1.54) is 0 Å². The van der Waals surface area contributed by atoms with Gasteiger partial charge in [0.1, 0.15) is 0 Å². The van der Waals surface area contributed by atoms with E-state index >= 15 is 0 Å². The third kappa shape index (κ3) is 2.26. The molecule has 0 N–H and O–H groups in total. The predicted octanol–water partition coefficient (Wildman–Crippen LogP) is 4.36. The van der Waals surface area contributed by atoms with Crippen LogP contribution in [0, 0.1) is 0 Å². The summed E-state index contributed by atoms with van der Waals surface area (Å²) in [5, 5.41) is 0. The number of hydrogen-bond donors (Lipinski definition) is 0. The van der Waals surface area contributed by atoms with Crippen LogP contribution < -0.4 is 0 Å². The van der Waals surface area contributed by atoms with Crippen molar-refractivity contribution in [1.29, 1.82) is 0 Å². The van der Waals surface area contributed by atoms with Crippen LogP contribution >= 0.6 is 0 Å². The minimum absolute atomic E-state index is 0.254. The Hall–Kier alpha value is -0.126. The number of allylic oxidation sites excluding steroid dienone is 4. The van der Waals surface area contributed by atoms with E-state index in [1.807, 2.05) is 0 Å². The van der Waals surface area contributed by atoms with E-state index in [2.05, 4.69) is 70.9 Å². The van der Waals surface area contributed by atoms with Gasteiger partial charge in [-0.25, -0.2) is 0 Å². The fraction of sp³-hybridized carbons (Fsp3) is 0.692. The van der Waals surface area contributed by atoms with Gasteiger partial charge in [0.15, 0.2) is 8.32 Å². The van der Waals surface area contributed by atoms with Crippen LogP contribution in [0.25, 0.3) is 0 Å². The van der Waals surface area contributed by atoms with Crippen molar-refractivity contribution in [3.8, 4) is 0 Å². The van der Waals surface area contributed by atoms with Crippen LogP contribution in [0.5, 0.6) is 0 Å². The number of rotatable bonds is 4. The van der Waals surface area contributed by atoms with Crippen molar-refractivity contribution in [2.45, 2.75) is 57.3 Å². The van der Waals surface area contributed by atoms with Crippen molar-refractivity contribution in [3.05, 3.63) is 24.3 Å². The summed E-state index contributed by atoms with van der Waals surface area (Å²) in [6.45, 7) is 16.4. The first-order valence-corrected chi connectivity index (χ1v) is 12.6. The highest BCUT2D eigenvalue weighted by atomic mass is 28.4. The second kappa shape index (κ2) is 4.28. The molecular weight excluding hydrogens is 228 g/mol. The largest absolute Gasteiger partial charge is 0.414 e. The molecule has 1 rings (SSSR count). The molecule has 1 aliphatic rings. The highest BCUT2D eigenvalue weighted by Crippen LogP contribution is 2.52. The molecule has 0 spiro atoms. The molecule has 0 unspecified atom stereocenters. The molecule has 0 heterocycles. The Bertz CT molecular complexity index is 296. The molecular formula is C13H26OSi2. The van der Waals surface area contributed by atoms with Crippen LogP contribution in [0.3, 0.4) is 0 Å². The van der Waals surface area contributed by atoms with E-state index in [4.69, 9.17) is 4.43 Å². The van der Waals surface area contributed by atoms with Gasteiger partial charge in [-0.15, -0.1) is 0 Å². The van der Waals surface area contributed by atoms with Crippen molar-refractivity contribution in [3.63, 3.8) is 0 Å². The molecule has 0 saturated heterocycles. The van der Waals surface area contributed by atoms with Crippen molar-refractivity contribution < 1.29 is 4.43 Å². The van der Waals surface area contributed by atoms with Gasteiger partial charge in [0.25, 0.3) is 0 Å². The van der Waals surface area contributed by atoms with Gasteiger partial charge in [-0.05, 0) is 26.9 Å². The van der Waals surface area contributed by atoms with Crippen LogP contribution in [-0.4, -0.2) is 22.5 Å². The van der Waals surface area contributed by atoms with E-state index in [0.717, 1.165) is 0 Å². The van der Waals surface area contributed by atoms with Gasteiger partial charge < -0.3 is 4.43 Å². The van der Waals surface area contributed by atoms with Gasteiger partial charge in [-0.3, -0.25) is 0 Å². The summed E-state index contributed by atoms with van der Waals surface area (Å²) >= 11 is 0. The average molecular weight is 255 g/mol. The molecule has 0 aliphatic heterocycles. The molecule has 0 aromatic heterocycles. The Morgan fingerprint density at radius 1 is 0.938 bits per heavy atom. The molecule has 1 nitrogen and oxygen atoms in total. The summed E-state index contributed by atoms with van der Waals surface area (Å²) in [6.07, 6.45) is 9.56. The zero-order valence-electron chi connectivity index (χ0n) is 11.8. The standard InChI is InChI=1S/C13H26OSi2/c1-12(2)14-16(6,7)13(15(3,4)5)10-8-9-11-13/h8-12H,1-7H3. The average Bonchev–Trinajstić information content (AvgIpc) is 2.47. The Kier molecular flexibility index (Phi) is 3.73. The van der Waals surface area contributed by atoms with Crippen LogP contribution in [0.15, 0.2) is 24.3 Å². The van der Waals surface area contributed by atoms with Gasteiger partial charge in [0, 0.05) is 10.8 Å². The van der Waals surface area contributed by atoms with Crippen molar-refractivity contribution in [1.82, 2.24) is 0 Å². The molecule has 0 fully saturated rings. The van der Waals surface area contributed by atoms with Crippen LogP contribution in [0.4, 0.5) is 0 Å². The zero-order chi connectivity index (χ0) is 12.6. The van der Waals surface area contributed by atoms with Crippen LogP contribution in [0.1, 0.15) is 13.8 Å². The van der Waals surface area contributed by atoms with Gasteiger partial charge in [0.05, 0.1) is 8.07 Å². The SMILES string of the molecule is CC(C)O[Si](C)(C)C1([Si](C)(C)C)C=CC=C1. The first-order chi connectivity index (χ1) is 7.12. The van der Waals surface area contributed by atoms with Gasteiger partial charge in [-0.1, -0.05) is 43.9 Å². The third-order valence-electron chi connectivity index (χ3n) is 3.60.